The molecule has 0 aromatic rings. The summed E-state index contributed by atoms with van der Waals surface area (Å²) in [7, 11) is -2.70. The molecule has 0 aliphatic rings. The molecule has 0 saturated carbocycles. The summed E-state index contributed by atoms with van der Waals surface area (Å²) in [6.07, 6.45) is -1.01. The lowest BCUT2D eigenvalue weighted by Gasteiger charge is -2.10. The Hall–Kier alpha value is -0.340. The SMILES string of the molecule is COC(=O)NS(=O)(=O)NCC(C)CBr. The van der Waals surface area contributed by atoms with Crippen LogP contribution in [-0.2, 0) is 14.9 Å². The summed E-state index contributed by atoms with van der Waals surface area (Å²) in [5, 5.41) is 0.674. The fourth-order valence-corrected chi connectivity index (χ4v) is 1.60. The van der Waals surface area contributed by atoms with Crippen molar-refractivity contribution in [2.75, 3.05) is 19.0 Å². The average molecular weight is 289 g/mol. The van der Waals surface area contributed by atoms with Crippen molar-refractivity contribution in [1.29, 1.82) is 0 Å². The first-order chi connectivity index (χ1) is 6.41. The van der Waals surface area contributed by atoms with Gasteiger partial charge in [-0.05, 0) is 5.92 Å². The van der Waals surface area contributed by atoms with Crippen LogP contribution in [0.25, 0.3) is 0 Å². The molecule has 0 saturated heterocycles. The average Bonchev–Trinajstić information content (AvgIpc) is 2.13. The number of halogens is 1. The van der Waals surface area contributed by atoms with Gasteiger partial charge in [0.25, 0.3) is 0 Å². The second kappa shape index (κ2) is 6.20. The predicted molar refractivity (Wildman–Crippen MR) is 55.4 cm³/mol. The lowest BCUT2D eigenvalue weighted by Crippen LogP contribution is -2.41. The van der Waals surface area contributed by atoms with Crippen LogP contribution in [-0.4, -0.2) is 33.5 Å². The van der Waals surface area contributed by atoms with Crippen LogP contribution in [0.2, 0.25) is 0 Å². The van der Waals surface area contributed by atoms with Gasteiger partial charge < -0.3 is 4.74 Å². The van der Waals surface area contributed by atoms with Gasteiger partial charge in [-0.3, -0.25) is 0 Å². The number of ether oxygens (including phenoxy) is 1. The predicted octanol–water partition coefficient (Wildman–Crippen LogP) is 0.208. The van der Waals surface area contributed by atoms with E-state index in [-0.39, 0.29) is 12.5 Å². The molecular formula is C6H13BrN2O4S. The molecule has 0 aliphatic carbocycles. The highest BCUT2D eigenvalue weighted by atomic mass is 79.9. The third-order valence-electron chi connectivity index (χ3n) is 1.29. The molecule has 0 spiro atoms. The molecule has 84 valence electrons. The number of methoxy groups -OCH3 is 1. The molecule has 0 radical (unpaired) electrons. The summed E-state index contributed by atoms with van der Waals surface area (Å²) in [6.45, 7) is 2.10. The van der Waals surface area contributed by atoms with Gasteiger partial charge in [0.2, 0.25) is 0 Å². The van der Waals surface area contributed by atoms with Crippen molar-refractivity contribution < 1.29 is 17.9 Å². The summed E-state index contributed by atoms with van der Waals surface area (Å²) in [6, 6.07) is 0. The maximum absolute atomic E-state index is 11.1. The molecule has 0 rings (SSSR count). The van der Waals surface area contributed by atoms with E-state index in [0.717, 1.165) is 7.11 Å². The van der Waals surface area contributed by atoms with Gasteiger partial charge in [0.1, 0.15) is 0 Å². The minimum absolute atomic E-state index is 0.143. The maximum Gasteiger partial charge on any atom is 0.421 e. The summed E-state index contributed by atoms with van der Waals surface area (Å²) in [5.41, 5.74) is 0. The van der Waals surface area contributed by atoms with Gasteiger partial charge in [-0.1, -0.05) is 22.9 Å². The van der Waals surface area contributed by atoms with Gasteiger partial charge in [-0.25, -0.2) is 9.52 Å². The minimum atomic E-state index is -3.79. The van der Waals surface area contributed by atoms with Crippen molar-refractivity contribution in [3.63, 3.8) is 0 Å². The van der Waals surface area contributed by atoms with Gasteiger partial charge in [-0.15, -0.1) is 0 Å². The van der Waals surface area contributed by atoms with E-state index in [2.05, 4.69) is 25.4 Å². The van der Waals surface area contributed by atoms with Crippen LogP contribution in [0.4, 0.5) is 4.79 Å². The zero-order chi connectivity index (χ0) is 11.2. The highest BCUT2D eigenvalue weighted by Gasteiger charge is 2.14. The molecule has 0 aromatic carbocycles. The van der Waals surface area contributed by atoms with Gasteiger partial charge in [0.05, 0.1) is 7.11 Å². The number of hydrogen-bond acceptors (Lipinski definition) is 4. The van der Waals surface area contributed by atoms with Crippen LogP contribution >= 0.6 is 15.9 Å². The van der Waals surface area contributed by atoms with Gasteiger partial charge >= 0.3 is 16.3 Å². The lowest BCUT2D eigenvalue weighted by atomic mass is 10.2. The third kappa shape index (κ3) is 6.17. The molecule has 0 bridgehead atoms. The Bertz CT molecular complexity index is 280. The second-order valence-corrected chi connectivity index (χ2v) is 4.85. The smallest absolute Gasteiger partial charge is 0.421 e. The number of rotatable bonds is 5. The molecule has 1 unspecified atom stereocenters. The summed E-state index contributed by atoms with van der Waals surface area (Å²) in [4.78, 5) is 10.6. The number of amides is 1. The van der Waals surface area contributed by atoms with E-state index in [1.807, 2.05) is 6.92 Å². The molecule has 0 aromatic heterocycles. The van der Waals surface area contributed by atoms with Crippen LogP contribution in [0.3, 0.4) is 0 Å². The fourth-order valence-electron chi connectivity index (χ4n) is 0.494. The van der Waals surface area contributed by atoms with Crippen LogP contribution < -0.4 is 9.44 Å². The number of alkyl halides is 1. The Balaban J connectivity index is 4.03. The number of carbonyl (C=O) groups is 1. The first-order valence-corrected chi connectivity index (χ1v) is 6.43. The van der Waals surface area contributed by atoms with Gasteiger partial charge in [-0.2, -0.15) is 13.1 Å². The van der Waals surface area contributed by atoms with Crippen LogP contribution in [0.15, 0.2) is 0 Å². The van der Waals surface area contributed by atoms with E-state index >= 15 is 0 Å². The standard InChI is InChI=1S/C6H13BrN2O4S/c1-5(3-7)4-8-14(11,12)9-6(10)13-2/h5,8H,3-4H2,1-2H3,(H,9,10). The largest absolute Gasteiger partial charge is 0.452 e. The quantitative estimate of drug-likeness (QED) is 0.708. The molecule has 1 atom stereocenters. The highest BCUT2D eigenvalue weighted by Crippen LogP contribution is 1.97. The zero-order valence-corrected chi connectivity index (χ0v) is 10.3. The van der Waals surface area contributed by atoms with Gasteiger partial charge in [0.15, 0.2) is 0 Å². The van der Waals surface area contributed by atoms with E-state index in [1.54, 1.807) is 4.72 Å². The molecule has 0 fully saturated rings. The van der Waals surface area contributed by atoms with Crippen LogP contribution in [0.1, 0.15) is 6.92 Å². The van der Waals surface area contributed by atoms with Crippen molar-refractivity contribution >= 4 is 32.2 Å². The molecule has 0 heterocycles. The molecular weight excluding hydrogens is 276 g/mol. The Morgan fingerprint density at radius 1 is 1.57 bits per heavy atom. The second-order valence-electron chi connectivity index (χ2n) is 2.71. The fraction of sp³-hybridized carbons (Fsp3) is 0.833. The van der Waals surface area contributed by atoms with E-state index < -0.39 is 16.3 Å². The van der Waals surface area contributed by atoms with Crippen molar-refractivity contribution in [2.45, 2.75) is 6.92 Å². The topological polar surface area (TPSA) is 84.5 Å². The van der Waals surface area contributed by atoms with Crippen LogP contribution in [0, 0.1) is 5.92 Å². The summed E-state index contributed by atoms with van der Waals surface area (Å²) >= 11 is 3.20. The normalized spacial score (nSPS) is 13.4. The molecule has 0 aliphatic heterocycles. The highest BCUT2D eigenvalue weighted by molar-refractivity contribution is 9.09. The Morgan fingerprint density at radius 2 is 2.14 bits per heavy atom. The Labute approximate surface area is 91.7 Å². The first-order valence-electron chi connectivity index (χ1n) is 3.82. The van der Waals surface area contributed by atoms with Crippen LogP contribution in [0.5, 0.6) is 0 Å². The van der Waals surface area contributed by atoms with Crippen molar-refractivity contribution in [3.05, 3.63) is 0 Å². The van der Waals surface area contributed by atoms with E-state index in [0.29, 0.717) is 5.33 Å². The first kappa shape index (κ1) is 13.7. The van der Waals surface area contributed by atoms with Crippen molar-refractivity contribution in [3.8, 4) is 0 Å². The zero-order valence-electron chi connectivity index (χ0n) is 7.91. The molecule has 6 nitrogen and oxygen atoms in total. The van der Waals surface area contributed by atoms with Gasteiger partial charge in [0, 0.05) is 11.9 Å². The monoisotopic (exact) mass is 288 g/mol. The minimum Gasteiger partial charge on any atom is -0.452 e. The maximum atomic E-state index is 11.1. The number of carbonyl (C=O) groups excluding carboxylic acids is 1. The summed E-state index contributed by atoms with van der Waals surface area (Å²) in [5.74, 6) is 0.143. The van der Waals surface area contributed by atoms with E-state index in [4.69, 9.17) is 0 Å². The lowest BCUT2D eigenvalue weighted by molar-refractivity contribution is 0.177. The molecule has 2 N–H and O–H groups in total. The van der Waals surface area contributed by atoms with Crippen molar-refractivity contribution in [2.24, 2.45) is 5.92 Å². The Kier molecular flexibility index (Phi) is 6.05. The number of nitrogens with one attached hydrogen (secondary N) is 2. The Morgan fingerprint density at radius 3 is 2.57 bits per heavy atom. The molecule has 1 amide bonds. The summed E-state index contributed by atoms with van der Waals surface area (Å²) < 4.78 is 30.2. The molecule has 8 heteroatoms. The van der Waals surface area contributed by atoms with Crippen molar-refractivity contribution in [1.82, 2.24) is 9.44 Å². The third-order valence-corrected chi connectivity index (χ3v) is 3.38. The van der Waals surface area contributed by atoms with E-state index in [9.17, 15) is 13.2 Å². The number of hydrogen-bond donors (Lipinski definition) is 2. The molecule has 14 heavy (non-hydrogen) atoms. The van der Waals surface area contributed by atoms with E-state index in [1.165, 1.54) is 0 Å².